The number of H-pyrrole nitrogens is 1. The number of aryl methyl sites for hydroxylation is 1. The van der Waals surface area contributed by atoms with E-state index >= 15 is 0 Å². The Morgan fingerprint density at radius 2 is 2.00 bits per heavy atom. The number of nitrogens with one attached hydrogen (secondary N) is 1. The van der Waals surface area contributed by atoms with Crippen LogP contribution < -0.4 is 0 Å². The fourth-order valence-electron chi connectivity index (χ4n) is 4.81. The number of benzene rings is 1. The van der Waals surface area contributed by atoms with Crippen LogP contribution in [-0.4, -0.2) is 70.0 Å². The number of rotatable bonds is 6. The average molecular weight is 399 g/mol. The van der Waals surface area contributed by atoms with Gasteiger partial charge >= 0.3 is 0 Å². The van der Waals surface area contributed by atoms with E-state index in [0.717, 1.165) is 42.8 Å². The minimum Gasteiger partial charge on any atom is -0.369 e. The highest BCUT2D eigenvalue weighted by Crippen LogP contribution is 2.36. The summed E-state index contributed by atoms with van der Waals surface area (Å²) in [6.45, 7) is 5.59. The van der Waals surface area contributed by atoms with Crippen molar-refractivity contribution in [1.82, 2.24) is 19.8 Å². The quantitative estimate of drug-likeness (QED) is 0.758. The van der Waals surface area contributed by atoms with Crippen LogP contribution in [0.2, 0.25) is 0 Å². The molecule has 7 nitrogen and oxygen atoms in total. The number of β-lactam (4-membered cyclic amide) rings is 1. The van der Waals surface area contributed by atoms with Gasteiger partial charge in [0.25, 0.3) is 5.91 Å². The van der Waals surface area contributed by atoms with E-state index in [1.807, 2.05) is 47.9 Å². The molecule has 0 spiro atoms. The lowest BCUT2D eigenvalue weighted by atomic mass is 9.79. The highest BCUT2D eigenvalue weighted by Gasteiger charge is 2.52. The van der Waals surface area contributed by atoms with Crippen molar-refractivity contribution >= 4 is 22.8 Å². The number of nitrogens with zero attached hydrogens (tertiary/aromatic N) is 3. The van der Waals surface area contributed by atoms with Crippen molar-refractivity contribution in [3.8, 4) is 0 Å². The molecule has 1 N–H and O–H groups in total. The van der Waals surface area contributed by atoms with Crippen LogP contribution in [0.1, 0.15) is 38.9 Å². The van der Waals surface area contributed by atoms with Gasteiger partial charge in [-0.05, 0) is 44.7 Å². The smallest absolute Gasteiger partial charge is 0.254 e. The summed E-state index contributed by atoms with van der Waals surface area (Å²) >= 11 is 0. The zero-order chi connectivity index (χ0) is 20.5. The van der Waals surface area contributed by atoms with Gasteiger partial charge in [-0.15, -0.1) is 0 Å². The van der Waals surface area contributed by atoms with Gasteiger partial charge in [0.2, 0.25) is 5.91 Å². The van der Waals surface area contributed by atoms with Gasteiger partial charge in [0.05, 0.1) is 17.1 Å². The van der Waals surface area contributed by atoms with Gasteiger partial charge < -0.3 is 19.5 Å². The standard InChI is InChI=1S/C22H30N4O3/c1-14(2)26-20(21(29-3)22(26)28)15-10-12-25(13-11-15)19(27)9-8-18-23-16-6-4-5-7-17(16)24-18/h4-7,14-15,20-21H,8-13H2,1-3H3,(H,23,24)/t20-,21+/m0/s1. The minimum absolute atomic E-state index is 0.0943. The number of hydrogen-bond donors (Lipinski definition) is 1. The zero-order valence-corrected chi connectivity index (χ0v) is 17.4. The SMILES string of the molecule is CO[C@H]1C(=O)N(C(C)C)[C@H]1C1CCN(C(=O)CCc2nc3ccccc3[nH]2)CC1. The van der Waals surface area contributed by atoms with E-state index in [4.69, 9.17) is 4.74 Å². The Morgan fingerprint density at radius 1 is 1.28 bits per heavy atom. The number of carbonyl (C=O) groups excluding carboxylic acids is 2. The van der Waals surface area contributed by atoms with Gasteiger partial charge in [-0.25, -0.2) is 4.98 Å². The summed E-state index contributed by atoms with van der Waals surface area (Å²) in [6, 6.07) is 8.23. The van der Waals surface area contributed by atoms with E-state index in [0.29, 0.717) is 18.8 Å². The van der Waals surface area contributed by atoms with E-state index in [2.05, 4.69) is 9.97 Å². The van der Waals surface area contributed by atoms with Gasteiger partial charge in [0.15, 0.2) is 6.10 Å². The first-order valence-corrected chi connectivity index (χ1v) is 10.6. The lowest BCUT2D eigenvalue weighted by molar-refractivity contribution is -0.182. The number of aromatic nitrogens is 2. The van der Waals surface area contributed by atoms with Crippen LogP contribution in [0.15, 0.2) is 24.3 Å². The maximum atomic E-state index is 12.7. The van der Waals surface area contributed by atoms with Gasteiger partial charge in [-0.3, -0.25) is 9.59 Å². The van der Waals surface area contributed by atoms with Crippen molar-refractivity contribution < 1.29 is 14.3 Å². The molecule has 1 aromatic carbocycles. The van der Waals surface area contributed by atoms with Gasteiger partial charge in [0.1, 0.15) is 5.82 Å². The molecule has 1 aromatic heterocycles. The molecule has 29 heavy (non-hydrogen) atoms. The third kappa shape index (κ3) is 3.75. The predicted octanol–water partition coefficient (Wildman–Crippen LogP) is 2.37. The number of piperidine rings is 1. The maximum absolute atomic E-state index is 12.7. The number of aromatic amines is 1. The molecule has 2 aliphatic heterocycles. The molecule has 2 aromatic rings. The van der Waals surface area contributed by atoms with Crippen LogP contribution in [0.4, 0.5) is 0 Å². The first kappa shape index (κ1) is 19.9. The highest BCUT2D eigenvalue weighted by atomic mass is 16.5. The van der Waals surface area contributed by atoms with Crippen LogP contribution in [0.25, 0.3) is 11.0 Å². The summed E-state index contributed by atoms with van der Waals surface area (Å²) < 4.78 is 5.45. The number of likely N-dealkylation sites (tertiary alicyclic amines) is 2. The van der Waals surface area contributed by atoms with Crippen LogP contribution in [0.5, 0.6) is 0 Å². The maximum Gasteiger partial charge on any atom is 0.254 e. The van der Waals surface area contributed by atoms with Crippen molar-refractivity contribution in [3.05, 3.63) is 30.1 Å². The Morgan fingerprint density at radius 3 is 2.66 bits per heavy atom. The molecule has 4 rings (SSSR count). The molecule has 7 heteroatoms. The Labute approximate surface area is 171 Å². The second-order valence-corrected chi connectivity index (χ2v) is 8.41. The van der Waals surface area contributed by atoms with Gasteiger partial charge in [0, 0.05) is 39.1 Å². The molecule has 156 valence electrons. The van der Waals surface area contributed by atoms with E-state index < -0.39 is 0 Å². The van der Waals surface area contributed by atoms with Crippen LogP contribution in [0, 0.1) is 5.92 Å². The fourth-order valence-corrected chi connectivity index (χ4v) is 4.81. The van der Waals surface area contributed by atoms with Gasteiger partial charge in [-0.2, -0.15) is 0 Å². The molecule has 2 aliphatic rings. The van der Waals surface area contributed by atoms with Crippen molar-refractivity contribution in [1.29, 1.82) is 0 Å². The topological polar surface area (TPSA) is 78.5 Å². The second-order valence-electron chi connectivity index (χ2n) is 8.41. The summed E-state index contributed by atoms with van der Waals surface area (Å²) in [5.74, 6) is 1.52. The third-order valence-corrected chi connectivity index (χ3v) is 6.33. The Balaban J connectivity index is 1.29. The Kier molecular flexibility index (Phi) is 5.58. The summed E-state index contributed by atoms with van der Waals surface area (Å²) in [7, 11) is 1.62. The number of carbonyl (C=O) groups is 2. The van der Waals surface area contributed by atoms with E-state index in [-0.39, 0.29) is 30.0 Å². The molecule has 0 saturated carbocycles. The molecule has 2 amide bonds. The van der Waals surface area contributed by atoms with E-state index in [1.54, 1.807) is 7.11 Å². The number of imidazole rings is 1. The zero-order valence-electron chi connectivity index (χ0n) is 17.4. The molecule has 0 aliphatic carbocycles. The minimum atomic E-state index is -0.322. The lowest BCUT2D eigenvalue weighted by Crippen LogP contribution is -2.70. The summed E-state index contributed by atoms with van der Waals surface area (Å²) in [5, 5.41) is 0. The van der Waals surface area contributed by atoms with Crippen LogP contribution >= 0.6 is 0 Å². The summed E-state index contributed by atoms with van der Waals surface area (Å²) in [5.41, 5.74) is 1.95. The Bertz CT molecular complexity index is 852. The van der Waals surface area contributed by atoms with Gasteiger partial charge in [-0.1, -0.05) is 12.1 Å². The van der Waals surface area contributed by atoms with Crippen LogP contribution in [-0.2, 0) is 20.7 Å². The Hall–Kier alpha value is -2.41. The average Bonchev–Trinajstić information content (AvgIpc) is 3.13. The predicted molar refractivity (Wildman–Crippen MR) is 110 cm³/mol. The normalized spacial score (nSPS) is 23.1. The number of hydrogen-bond acceptors (Lipinski definition) is 4. The first-order chi connectivity index (χ1) is 14.0. The third-order valence-electron chi connectivity index (χ3n) is 6.33. The number of ether oxygens (including phenoxy) is 1. The molecule has 3 heterocycles. The monoisotopic (exact) mass is 398 g/mol. The highest BCUT2D eigenvalue weighted by molar-refractivity contribution is 5.89. The molecular weight excluding hydrogens is 368 g/mol. The molecule has 0 bridgehead atoms. The summed E-state index contributed by atoms with van der Waals surface area (Å²) in [6.07, 6.45) is 2.59. The van der Waals surface area contributed by atoms with Crippen LogP contribution in [0.3, 0.4) is 0 Å². The van der Waals surface area contributed by atoms with Crippen molar-refractivity contribution in [3.63, 3.8) is 0 Å². The molecular formula is C22H30N4O3. The summed E-state index contributed by atoms with van der Waals surface area (Å²) in [4.78, 5) is 36.7. The van der Waals surface area contributed by atoms with E-state index in [1.165, 1.54) is 0 Å². The number of methoxy groups -OCH3 is 1. The molecule has 0 unspecified atom stereocenters. The van der Waals surface area contributed by atoms with Crippen molar-refractivity contribution in [2.45, 2.75) is 57.7 Å². The van der Waals surface area contributed by atoms with Crippen molar-refractivity contribution in [2.24, 2.45) is 5.92 Å². The first-order valence-electron chi connectivity index (χ1n) is 10.6. The molecule has 2 fully saturated rings. The number of para-hydroxylation sites is 2. The number of amides is 2. The lowest BCUT2D eigenvalue weighted by Gasteiger charge is -2.53. The largest absolute Gasteiger partial charge is 0.369 e. The molecule has 2 atom stereocenters. The molecule has 2 saturated heterocycles. The molecule has 0 radical (unpaired) electrons. The van der Waals surface area contributed by atoms with E-state index in [9.17, 15) is 9.59 Å². The van der Waals surface area contributed by atoms with Crippen molar-refractivity contribution in [2.75, 3.05) is 20.2 Å². The number of fused-ring (bicyclic) bond motifs is 1. The second kappa shape index (κ2) is 8.14. The fraction of sp³-hybridized carbons (Fsp3) is 0.591.